The van der Waals surface area contributed by atoms with Gasteiger partial charge in [0.05, 0.1) is 23.2 Å². The van der Waals surface area contributed by atoms with Crippen molar-refractivity contribution in [2.45, 2.75) is 17.4 Å². The zero-order valence-electron chi connectivity index (χ0n) is 14.2. The Morgan fingerprint density at radius 3 is 2.74 bits per heavy atom. The van der Waals surface area contributed by atoms with Gasteiger partial charge in [0.25, 0.3) is 10.0 Å². The second kappa shape index (κ2) is 7.30. The molecule has 1 aromatic heterocycles. The average molecular weight is 405 g/mol. The Balaban J connectivity index is 1.75. The highest BCUT2D eigenvalue weighted by molar-refractivity contribution is 7.92. The summed E-state index contributed by atoms with van der Waals surface area (Å²) < 4.78 is 35.5. The monoisotopic (exact) mass is 404 g/mol. The minimum atomic E-state index is -3.75. The molecule has 1 saturated heterocycles. The van der Waals surface area contributed by atoms with E-state index in [1.54, 1.807) is 42.7 Å². The first-order valence-corrected chi connectivity index (χ1v) is 10.3. The lowest BCUT2D eigenvalue weighted by atomic mass is 10.1. The van der Waals surface area contributed by atoms with Crippen LogP contribution in [0.1, 0.15) is 12.5 Å². The summed E-state index contributed by atoms with van der Waals surface area (Å²) in [5.41, 5.74) is 0.947. The van der Waals surface area contributed by atoms with Crippen LogP contribution in [0.2, 0.25) is 5.02 Å². The van der Waals surface area contributed by atoms with Crippen molar-refractivity contribution < 1.29 is 13.2 Å². The molecule has 1 aliphatic heterocycles. The van der Waals surface area contributed by atoms with Gasteiger partial charge < -0.3 is 9.30 Å². The fraction of sp³-hybridized carbons (Fsp3) is 0.222. The molecule has 1 atom stereocenters. The van der Waals surface area contributed by atoms with E-state index in [-0.39, 0.29) is 10.9 Å². The van der Waals surface area contributed by atoms with Crippen molar-refractivity contribution in [1.29, 1.82) is 0 Å². The van der Waals surface area contributed by atoms with Crippen molar-refractivity contribution in [1.82, 2.24) is 14.8 Å². The highest BCUT2D eigenvalue weighted by Gasteiger charge is 2.24. The van der Waals surface area contributed by atoms with Crippen LogP contribution in [0.5, 0.6) is 0 Å². The van der Waals surface area contributed by atoms with Gasteiger partial charge >= 0.3 is 0 Å². The van der Waals surface area contributed by atoms with E-state index in [1.165, 1.54) is 12.1 Å². The average Bonchev–Trinajstić information content (AvgIpc) is 3.35. The smallest absolute Gasteiger partial charge is 0.261 e. The molecule has 140 valence electrons. The van der Waals surface area contributed by atoms with E-state index in [2.05, 4.69) is 14.9 Å². The Kier molecular flexibility index (Phi) is 4.86. The highest BCUT2D eigenvalue weighted by atomic mass is 35.5. The van der Waals surface area contributed by atoms with Gasteiger partial charge in [-0.3, -0.25) is 4.72 Å². The molecule has 2 aromatic carbocycles. The van der Waals surface area contributed by atoms with E-state index < -0.39 is 10.0 Å². The molecule has 0 aliphatic carbocycles. The third kappa shape index (κ3) is 3.69. The second-order valence-corrected chi connectivity index (χ2v) is 8.31. The molecule has 9 heteroatoms. The van der Waals surface area contributed by atoms with Crippen LogP contribution >= 0.6 is 11.6 Å². The second-order valence-electron chi connectivity index (χ2n) is 6.19. The molecule has 0 saturated carbocycles. The number of benzene rings is 2. The normalized spacial score (nSPS) is 17.1. The van der Waals surface area contributed by atoms with Crippen LogP contribution in [0, 0.1) is 0 Å². The molecule has 1 aliphatic rings. The molecule has 1 N–H and O–H groups in total. The standard InChI is InChI=1S/C18H17ClN4O3S/c19-13-6-7-17(22-27(24,25)15-4-2-1-3-5-15)16(10-13)18-21-20-12-23(18)14-8-9-26-11-14/h1-7,10,12,14,22H,8-9,11H2. The quantitative estimate of drug-likeness (QED) is 0.704. The Hall–Kier alpha value is -2.42. The number of rotatable bonds is 5. The maximum Gasteiger partial charge on any atom is 0.261 e. The lowest BCUT2D eigenvalue weighted by Gasteiger charge is -2.16. The van der Waals surface area contributed by atoms with Gasteiger partial charge in [-0.25, -0.2) is 8.42 Å². The molecule has 1 fully saturated rings. The van der Waals surface area contributed by atoms with Crippen molar-refractivity contribution in [3.05, 3.63) is 59.9 Å². The minimum absolute atomic E-state index is 0.104. The number of hydrogen-bond donors (Lipinski definition) is 1. The van der Waals surface area contributed by atoms with E-state index in [0.29, 0.717) is 35.3 Å². The Labute approximate surface area is 162 Å². The number of nitrogens with zero attached hydrogens (tertiary/aromatic N) is 3. The zero-order chi connectivity index (χ0) is 18.9. The summed E-state index contributed by atoms with van der Waals surface area (Å²) in [7, 11) is -3.75. The van der Waals surface area contributed by atoms with Crippen LogP contribution < -0.4 is 4.72 Å². The van der Waals surface area contributed by atoms with Crippen molar-refractivity contribution >= 4 is 27.3 Å². The lowest BCUT2D eigenvalue weighted by molar-refractivity contribution is 0.187. The molecule has 4 rings (SSSR count). The van der Waals surface area contributed by atoms with Gasteiger partial charge in [0.2, 0.25) is 0 Å². The summed E-state index contributed by atoms with van der Waals surface area (Å²) in [6, 6.07) is 13.2. The Morgan fingerprint density at radius 1 is 1.19 bits per heavy atom. The van der Waals surface area contributed by atoms with Gasteiger partial charge in [0.1, 0.15) is 6.33 Å². The molecule has 0 bridgehead atoms. The number of halogens is 1. The van der Waals surface area contributed by atoms with Crippen molar-refractivity contribution in [2.75, 3.05) is 17.9 Å². The van der Waals surface area contributed by atoms with Gasteiger partial charge in [-0.15, -0.1) is 10.2 Å². The summed E-state index contributed by atoms with van der Waals surface area (Å²) in [6.45, 7) is 1.24. The van der Waals surface area contributed by atoms with E-state index in [1.807, 2.05) is 4.57 Å². The van der Waals surface area contributed by atoms with Crippen LogP contribution in [0.4, 0.5) is 5.69 Å². The zero-order valence-corrected chi connectivity index (χ0v) is 15.8. The Morgan fingerprint density at radius 2 is 2.00 bits per heavy atom. The molecule has 0 radical (unpaired) electrons. The topological polar surface area (TPSA) is 86.1 Å². The molecule has 1 unspecified atom stereocenters. The number of sulfonamides is 1. The molecule has 2 heterocycles. The molecular weight excluding hydrogens is 388 g/mol. The molecule has 27 heavy (non-hydrogen) atoms. The SMILES string of the molecule is O=S(=O)(Nc1ccc(Cl)cc1-c1nncn1C1CCOC1)c1ccccc1. The first-order chi connectivity index (χ1) is 13.0. The van der Waals surface area contributed by atoms with Gasteiger partial charge in [-0.05, 0) is 36.8 Å². The Bertz CT molecular complexity index is 1050. The number of hydrogen-bond acceptors (Lipinski definition) is 5. The first-order valence-electron chi connectivity index (χ1n) is 8.39. The first kappa shape index (κ1) is 18.0. The number of nitrogens with one attached hydrogen (secondary N) is 1. The summed E-state index contributed by atoms with van der Waals surface area (Å²) in [5.74, 6) is 0.541. The van der Waals surface area contributed by atoms with Crippen LogP contribution in [0.25, 0.3) is 11.4 Å². The van der Waals surface area contributed by atoms with Crippen molar-refractivity contribution in [3.8, 4) is 11.4 Å². The summed E-state index contributed by atoms with van der Waals surface area (Å²) in [6.07, 6.45) is 2.47. The maximum absolute atomic E-state index is 12.7. The molecule has 0 amide bonds. The molecule has 3 aromatic rings. The van der Waals surface area contributed by atoms with Crippen LogP contribution in [-0.4, -0.2) is 36.4 Å². The molecular formula is C18H17ClN4O3S. The van der Waals surface area contributed by atoms with Gasteiger partial charge in [-0.1, -0.05) is 29.8 Å². The van der Waals surface area contributed by atoms with Gasteiger partial charge in [0.15, 0.2) is 5.82 Å². The van der Waals surface area contributed by atoms with Crippen LogP contribution in [0.15, 0.2) is 59.8 Å². The fourth-order valence-corrected chi connectivity index (χ4v) is 4.31. The molecule has 7 nitrogen and oxygen atoms in total. The third-order valence-electron chi connectivity index (χ3n) is 4.39. The largest absolute Gasteiger partial charge is 0.379 e. The van der Waals surface area contributed by atoms with Crippen molar-refractivity contribution in [2.24, 2.45) is 0 Å². The van der Waals surface area contributed by atoms with Gasteiger partial charge in [0, 0.05) is 17.2 Å². The lowest BCUT2D eigenvalue weighted by Crippen LogP contribution is -2.15. The van der Waals surface area contributed by atoms with E-state index in [4.69, 9.17) is 16.3 Å². The number of anilines is 1. The summed E-state index contributed by atoms with van der Waals surface area (Å²) in [4.78, 5) is 0.177. The predicted molar refractivity (Wildman–Crippen MR) is 102 cm³/mol. The van der Waals surface area contributed by atoms with E-state index >= 15 is 0 Å². The molecule has 0 spiro atoms. The van der Waals surface area contributed by atoms with E-state index in [9.17, 15) is 8.42 Å². The number of aromatic nitrogens is 3. The summed E-state index contributed by atoms with van der Waals surface area (Å²) in [5, 5.41) is 8.68. The van der Waals surface area contributed by atoms with Gasteiger partial charge in [-0.2, -0.15) is 0 Å². The van der Waals surface area contributed by atoms with Crippen molar-refractivity contribution in [3.63, 3.8) is 0 Å². The fourth-order valence-electron chi connectivity index (χ4n) is 3.04. The van der Waals surface area contributed by atoms with Crippen LogP contribution in [-0.2, 0) is 14.8 Å². The predicted octanol–water partition coefficient (Wildman–Crippen LogP) is 3.36. The highest BCUT2D eigenvalue weighted by Crippen LogP contribution is 2.33. The van der Waals surface area contributed by atoms with Crippen LogP contribution in [0.3, 0.4) is 0 Å². The maximum atomic E-state index is 12.7. The van der Waals surface area contributed by atoms with E-state index in [0.717, 1.165) is 6.42 Å². The summed E-state index contributed by atoms with van der Waals surface area (Å²) >= 11 is 6.17. The number of ether oxygens (including phenoxy) is 1. The minimum Gasteiger partial charge on any atom is -0.379 e. The third-order valence-corrected chi connectivity index (χ3v) is 6.01.